The molecule has 3 rings (SSSR count). The molecule has 1 aliphatic carbocycles. The van der Waals surface area contributed by atoms with E-state index in [1.807, 2.05) is 0 Å². The highest BCUT2D eigenvalue weighted by atomic mass is 35.5. The summed E-state index contributed by atoms with van der Waals surface area (Å²) in [6.45, 7) is 3.00. The van der Waals surface area contributed by atoms with E-state index < -0.39 is 11.9 Å². The van der Waals surface area contributed by atoms with Crippen molar-refractivity contribution < 1.29 is 19.0 Å². The Bertz CT molecular complexity index is 595. The minimum absolute atomic E-state index is 0.00795. The Morgan fingerprint density at radius 2 is 2.12 bits per heavy atom. The quantitative estimate of drug-likeness (QED) is 0.855. The second-order valence-corrected chi connectivity index (χ2v) is 6.79. The first kappa shape index (κ1) is 17.6. The van der Waals surface area contributed by atoms with E-state index >= 15 is 0 Å². The average molecular weight is 357 g/mol. The molecule has 5 nitrogen and oxygen atoms in total. The predicted octanol–water partition coefficient (Wildman–Crippen LogP) is 1.36. The van der Waals surface area contributed by atoms with Gasteiger partial charge in [0.1, 0.15) is 5.82 Å². The molecule has 0 spiro atoms. The van der Waals surface area contributed by atoms with Gasteiger partial charge in [-0.25, -0.2) is 4.39 Å². The Hall–Kier alpha value is -1.21. The zero-order chi connectivity index (χ0) is 17.1. The van der Waals surface area contributed by atoms with Crippen LogP contribution in [0.4, 0.5) is 4.39 Å². The van der Waals surface area contributed by atoms with Crippen molar-refractivity contribution >= 4 is 17.5 Å². The van der Waals surface area contributed by atoms with E-state index in [9.17, 15) is 14.3 Å². The fourth-order valence-electron chi connectivity index (χ4n) is 3.52. The van der Waals surface area contributed by atoms with E-state index in [0.717, 1.165) is 25.9 Å². The number of carbonyl (C=O) groups is 1. The van der Waals surface area contributed by atoms with E-state index in [-0.39, 0.29) is 29.4 Å². The smallest absolute Gasteiger partial charge is 0.224 e. The van der Waals surface area contributed by atoms with E-state index in [2.05, 4.69) is 10.2 Å². The third kappa shape index (κ3) is 4.06. The minimum atomic E-state index is -0.580. The zero-order valence-corrected chi connectivity index (χ0v) is 14.1. The number of hydrogen-bond donors (Lipinski definition) is 2. The fourth-order valence-corrected chi connectivity index (χ4v) is 3.72. The van der Waals surface area contributed by atoms with Crippen LogP contribution in [0.25, 0.3) is 0 Å². The molecule has 0 unspecified atom stereocenters. The lowest BCUT2D eigenvalue weighted by molar-refractivity contribution is -0.122. The van der Waals surface area contributed by atoms with Gasteiger partial charge in [0.05, 0.1) is 36.8 Å². The molecule has 2 fully saturated rings. The van der Waals surface area contributed by atoms with Crippen LogP contribution in [0.5, 0.6) is 0 Å². The molecule has 1 aromatic rings. The summed E-state index contributed by atoms with van der Waals surface area (Å²) in [5.41, 5.74) is 0.649. The maximum absolute atomic E-state index is 13.2. The first-order valence-corrected chi connectivity index (χ1v) is 8.65. The summed E-state index contributed by atoms with van der Waals surface area (Å²) >= 11 is 5.73. The van der Waals surface area contributed by atoms with Crippen LogP contribution in [0.15, 0.2) is 18.2 Å². The number of hydrogen-bond acceptors (Lipinski definition) is 4. The van der Waals surface area contributed by atoms with Crippen LogP contribution in [-0.4, -0.2) is 60.4 Å². The number of benzene rings is 1. The molecule has 1 aromatic carbocycles. The number of ether oxygens (including phenoxy) is 1. The van der Waals surface area contributed by atoms with Gasteiger partial charge in [0.25, 0.3) is 0 Å². The Kier molecular flexibility index (Phi) is 5.71. The summed E-state index contributed by atoms with van der Waals surface area (Å²) in [5.74, 6) is -0.690. The SMILES string of the molecule is O=C(Cc1ccc(F)c(Cl)c1)N[C@@H]1CC[C@@H](N2CCOCC2)[C@@H]1O. The molecule has 2 N–H and O–H groups in total. The van der Waals surface area contributed by atoms with Crippen molar-refractivity contribution in [2.24, 2.45) is 0 Å². The molecule has 3 atom stereocenters. The summed E-state index contributed by atoms with van der Waals surface area (Å²) in [6.07, 6.45) is 1.14. The molecule has 1 heterocycles. The van der Waals surface area contributed by atoms with Gasteiger partial charge in [0, 0.05) is 19.1 Å². The first-order valence-electron chi connectivity index (χ1n) is 8.28. The largest absolute Gasteiger partial charge is 0.389 e. The van der Waals surface area contributed by atoms with Gasteiger partial charge in [-0.2, -0.15) is 0 Å². The topological polar surface area (TPSA) is 61.8 Å². The van der Waals surface area contributed by atoms with Crippen molar-refractivity contribution in [2.45, 2.75) is 37.5 Å². The number of morpholine rings is 1. The van der Waals surface area contributed by atoms with Crippen molar-refractivity contribution in [3.63, 3.8) is 0 Å². The summed E-state index contributed by atoms with van der Waals surface area (Å²) < 4.78 is 18.5. The molecule has 132 valence electrons. The number of rotatable bonds is 4. The third-order valence-corrected chi connectivity index (χ3v) is 5.08. The molecular formula is C17H22ClFN2O3. The lowest BCUT2D eigenvalue weighted by Gasteiger charge is -2.34. The summed E-state index contributed by atoms with van der Waals surface area (Å²) in [5, 5.41) is 13.4. The van der Waals surface area contributed by atoms with E-state index in [1.54, 1.807) is 6.07 Å². The second-order valence-electron chi connectivity index (χ2n) is 6.38. The monoisotopic (exact) mass is 356 g/mol. The second kappa shape index (κ2) is 7.78. The average Bonchev–Trinajstić information content (AvgIpc) is 2.92. The van der Waals surface area contributed by atoms with Gasteiger partial charge < -0.3 is 15.2 Å². The van der Waals surface area contributed by atoms with Crippen molar-refractivity contribution in [1.82, 2.24) is 10.2 Å². The Morgan fingerprint density at radius 1 is 1.38 bits per heavy atom. The fraction of sp³-hybridized carbons (Fsp3) is 0.588. The number of carbonyl (C=O) groups excluding carboxylic acids is 1. The van der Waals surface area contributed by atoms with Crippen molar-refractivity contribution in [3.8, 4) is 0 Å². The summed E-state index contributed by atoms with van der Waals surface area (Å²) in [6, 6.07) is 4.07. The predicted molar refractivity (Wildman–Crippen MR) is 88.5 cm³/mol. The van der Waals surface area contributed by atoms with Crippen LogP contribution in [0.2, 0.25) is 5.02 Å². The maximum Gasteiger partial charge on any atom is 0.224 e. The minimum Gasteiger partial charge on any atom is -0.389 e. The molecule has 2 aliphatic rings. The molecule has 0 bridgehead atoms. The van der Waals surface area contributed by atoms with Crippen LogP contribution in [0, 0.1) is 5.82 Å². The van der Waals surface area contributed by atoms with E-state index in [1.165, 1.54) is 12.1 Å². The Balaban J connectivity index is 1.53. The van der Waals surface area contributed by atoms with Gasteiger partial charge in [-0.1, -0.05) is 17.7 Å². The van der Waals surface area contributed by atoms with Gasteiger partial charge in [-0.15, -0.1) is 0 Å². The number of aliphatic hydroxyl groups is 1. The first-order chi connectivity index (χ1) is 11.5. The van der Waals surface area contributed by atoms with Crippen molar-refractivity contribution in [1.29, 1.82) is 0 Å². The lowest BCUT2D eigenvalue weighted by Crippen LogP contribution is -2.51. The Morgan fingerprint density at radius 3 is 2.83 bits per heavy atom. The third-order valence-electron chi connectivity index (χ3n) is 4.79. The van der Waals surface area contributed by atoms with Crippen LogP contribution in [0.1, 0.15) is 18.4 Å². The highest BCUT2D eigenvalue weighted by Crippen LogP contribution is 2.26. The van der Waals surface area contributed by atoms with Gasteiger partial charge in [0.2, 0.25) is 5.91 Å². The van der Waals surface area contributed by atoms with Gasteiger partial charge in [0.15, 0.2) is 0 Å². The Labute approximate surface area is 145 Å². The number of nitrogens with zero attached hydrogens (tertiary/aromatic N) is 1. The molecule has 24 heavy (non-hydrogen) atoms. The number of amides is 1. The van der Waals surface area contributed by atoms with E-state index in [0.29, 0.717) is 18.8 Å². The standard InChI is InChI=1S/C17H22ClFN2O3/c18-12-9-11(1-2-13(12)19)10-16(22)20-14-3-4-15(17(14)23)21-5-7-24-8-6-21/h1-2,9,14-15,17,23H,3-8,10H2,(H,20,22)/t14-,15-,17-/m1/s1. The molecule has 1 amide bonds. The van der Waals surface area contributed by atoms with Gasteiger partial charge >= 0.3 is 0 Å². The zero-order valence-electron chi connectivity index (χ0n) is 13.4. The molecule has 1 saturated heterocycles. The van der Waals surface area contributed by atoms with Crippen LogP contribution >= 0.6 is 11.6 Å². The molecule has 7 heteroatoms. The number of aliphatic hydroxyl groups excluding tert-OH is 1. The molecule has 0 aromatic heterocycles. The maximum atomic E-state index is 13.2. The summed E-state index contributed by atoms with van der Waals surface area (Å²) in [7, 11) is 0. The molecular weight excluding hydrogens is 335 g/mol. The van der Waals surface area contributed by atoms with E-state index in [4.69, 9.17) is 16.3 Å². The molecule has 0 radical (unpaired) electrons. The lowest BCUT2D eigenvalue weighted by atomic mass is 10.1. The van der Waals surface area contributed by atoms with Crippen LogP contribution in [0.3, 0.4) is 0 Å². The highest BCUT2D eigenvalue weighted by Gasteiger charge is 2.39. The molecule has 1 saturated carbocycles. The highest BCUT2D eigenvalue weighted by molar-refractivity contribution is 6.30. The van der Waals surface area contributed by atoms with Crippen molar-refractivity contribution in [3.05, 3.63) is 34.6 Å². The van der Waals surface area contributed by atoms with Crippen LogP contribution in [-0.2, 0) is 16.0 Å². The summed E-state index contributed by atoms with van der Waals surface area (Å²) in [4.78, 5) is 14.4. The number of nitrogens with one attached hydrogen (secondary N) is 1. The molecule has 1 aliphatic heterocycles. The normalized spacial score (nSPS) is 28.0. The van der Waals surface area contributed by atoms with Gasteiger partial charge in [-0.3, -0.25) is 9.69 Å². The van der Waals surface area contributed by atoms with Crippen molar-refractivity contribution in [2.75, 3.05) is 26.3 Å². The van der Waals surface area contributed by atoms with Crippen LogP contribution < -0.4 is 5.32 Å². The van der Waals surface area contributed by atoms with Gasteiger partial charge in [-0.05, 0) is 30.5 Å². The number of halogens is 2.